The molecule has 3 rings (SSSR count). The maximum Gasteiger partial charge on any atom is 0.244 e. The molecule has 1 fully saturated rings. The van der Waals surface area contributed by atoms with Crippen LogP contribution in [0, 0.1) is 0 Å². The molecule has 28 heavy (non-hydrogen) atoms. The van der Waals surface area contributed by atoms with Crippen LogP contribution in [0.4, 0.5) is 0 Å². The van der Waals surface area contributed by atoms with Crippen LogP contribution >= 0.6 is 11.3 Å². The molecule has 0 unspecified atom stereocenters. The number of sulfonamides is 1. The SMILES string of the molecule is O=C(/C=C/c1ccc(S(=O)(=O)N2CCCCCC2)cc1)NCCc1ccsc1. The van der Waals surface area contributed by atoms with Crippen molar-refractivity contribution in [1.82, 2.24) is 9.62 Å². The van der Waals surface area contributed by atoms with Crippen molar-refractivity contribution in [3.05, 3.63) is 58.3 Å². The van der Waals surface area contributed by atoms with Crippen LogP contribution in [0.1, 0.15) is 36.8 Å². The number of benzene rings is 1. The van der Waals surface area contributed by atoms with Gasteiger partial charge in [0.1, 0.15) is 0 Å². The molecule has 1 aromatic carbocycles. The molecule has 1 aliphatic heterocycles. The van der Waals surface area contributed by atoms with Crippen molar-refractivity contribution in [3.63, 3.8) is 0 Å². The van der Waals surface area contributed by atoms with Gasteiger partial charge in [-0.3, -0.25) is 4.79 Å². The molecule has 5 nitrogen and oxygen atoms in total. The van der Waals surface area contributed by atoms with E-state index in [1.54, 1.807) is 46.0 Å². The van der Waals surface area contributed by atoms with Crippen LogP contribution in [0.3, 0.4) is 0 Å². The van der Waals surface area contributed by atoms with E-state index >= 15 is 0 Å². The Hall–Kier alpha value is -1.96. The third-order valence-corrected chi connectivity index (χ3v) is 7.45. The van der Waals surface area contributed by atoms with Crippen molar-refractivity contribution in [2.24, 2.45) is 0 Å². The van der Waals surface area contributed by atoms with E-state index in [1.807, 2.05) is 11.4 Å². The number of carbonyl (C=O) groups excluding carboxylic acids is 1. The highest BCUT2D eigenvalue weighted by molar-refractivity contribution is 7.89. The van der Waals surface area contributed by atoms with E-state index in [0.717, 1.165) is 37.7 Å². The van der Waals surface area contributed by atoms with Gasteiger partial charge in [-0.1, -0.05) is 25.0 Å². The Balaban J connectivity index is 1.54. The van der Waals surface area contributed by atoms with E-state index in [9.17, 15) is 13.2 Å². The van der Waals surface area contributed by atoms with Gasteiger partial charge in [0.2, 0.25) is 15.9 Å². The molecular formula is C21H26N2O3S2. The summed E-state index contributed by atoms with van der Waals surface area (Å²) >= 11 is 1.65. The Morgan fingerprint density at radius 1 is 1.07 bits per heavy atom. The first-order valence-electron chi connectivity index (χ1n) is 9.63. The van der Waals surface area contributed by atoms with Crippen LogP contribution < -0.4 is 5.32 Å². The van der Waals surface area contributed by atoms with Crippen LogP contribution in [0.2, 0.25) is 0 Å². The van der Waals surface area contributed by atoms with Gasteiger partial charge in [-0.15, -0.1) is 0 Å². The molecule has 0 atom stereocenters. The van der Waals surface area contributed by atoms with Crippen molar-refractivity contribution in [2.45, 2.75) is 37.0 Å². The molecule has 0 bridgehead atoms. The quantitative estimate of drug-likeness (QED) is 0.698. The molecule has 1 aliphatic rings. The second-order valence-corrected chi connectivity index (χ2v) is 9.61. The first-order chi connectivity index (χ1) is 13.6. The van der Waals surface area contributed by atoms with Crippen LogP contribution in [-0.4, -0.2) is 38.3 Å². The second-order valence-electron chi connectivity index (χ2n) is 6.89. The Morgan fingerprint density at radius 3 is 2.43 bits per heavy atom. The van der Waals surface area contributed by atoms with Crippen molar-refractivity contribution in [3.8, 4) is 0 Å². The normalized spacial score (nSPS) is 16.1. The largest absolute Gasteiger partial charge is 0.352 e. The monoisotopic (exact) mass is 418 g/mol. The Kier molecular flexibility index (Phi) is 7.42. The summed E-state index contributed by atoms with van der Waals surface area (Å²) in [7, 11) is -3.44. The van der Waals surface area contributed by atoms with Crippen molar-refractivity contribution in [2.75, 3.05) is 19.6 Å². The molecule has 7 heteroatoms. The van der Waals surface area contributed by atoms with Crippen molar-refractivity contribution in [1.29, 1.82) is 0 Å². The third-order valence-electron chi connectivity index (χ3n) is 4.80. The maximum absolute atomic E-state index is 12.8. The van der Waals surface area contributed by atoms with Crippen LogP contribution in [-0.2, 0) is 21.2 Å². The number of amides is 1. The fraction of sp³-hybridized carbons (Fsp3) is 0.381. The molecule has 1 saturated heterocycles. The molecular weight excluding hydrogens is 392 g/mol. The lowest BCUT2D eigenvalue weighted by Crippen LogP contribution is -2.31. The zero-order valence-electron chi connectivity index (χ0n) is 15.8. The van der Waals surface area contributed by atoms with Crippen LogP contribution in [0.15, 0.2) is 52.1 Å². The molecule has 1 aromatic heterocycles. The van der Waals surface area contributed by atoms with E-state index < -0.39 is 10.0 Å². The van der Waals surface area contributed by atoms with Gasteiger partial charge >= 0.3 is 0 Å². The van der Waals surface area contributed by atoms with Gasteiger partial charge < -0.3 is 5.32 Å². The summed E-state index contributed by atoms with van der Waals surface area (Å²) in [5, 5.41) is 6.95. The lowest BCUT2D eigenvalue weighted by Gasteiger charge is -2.19. The molecule has 2 heterocycles. The van der Waals surface area contributed by atoms with Gasteiger partial charge in [0.05, 0.1) is 4.90 Å². The van der Waals surface area contributed by atoms with Gasteiger partial charge in [0.25, 0.3) is 0 Å². The lowest BCUT2D eigenvalue weighted by atomic mass is 10.2. The summed E-state index contributed by atoms with van der Waals surface area (Å²) in [6.07, 6.45) is 8.00. The number of carbonyl (C=O) groups is 1. The first kappa shape index (κ1) is 20.8. The van der Waals surface area contributed by atoms with E-state index in [0.29, 0.717) is 24.5 Å². The van der Waals surface area contributed by atoms with E-state index in [2.05, 4.69) is 10.7 Å². The zero-order chi connectivity index (χ0) is 19.8. The maximum atomic E-state index is 12.8. The number of rotatable bonds is 7. The second kappa shape index (κ2) is 10.0. The third kappa shape index (κ3) is 5.77. The van der Waals surface area contributed by atoms with Crippen LogP contribution in [0.25, 0.3) is 6.08 Å². The minimum absolute atomic E-state index is 0.156. The highest BCUT2D eigenvalue weighted by Crippen LogP contribution is 2.21. The summed E-state index contributed by atoms with van der Waals surface area (Å²) in [6, 6.07) is 8.76. The molecule has 0 saturated carbocycles. The molecule has 0 aliphatic carbocycles. The summed E-state index contributed by atoms with van der Waals surface area (Å²) in [5.74, 6) is -0.156. The highest BCUT2D eigenvalue weighted by atomic mass is 32.2. The number of hydrogen-bond donors (Lipinski definition) is 1. The average molecular weight is 419 g/mol. The van der Waals surface area contributed by atoms with E-state index in [-0.39, 0.29) is 5.91 Å². The minimum atomic E-state index is -3.44. The smallest absolute Gasteiger partial charge is 0.244 e. The molecule has 2 aromatic rings. The lowest BCUT2D eigenvalue weighted by molar-refractivity contribution is -0.116. The van der Waals surface area contributed by atoms with Crippen molar-refractivity contribution >= 4 is 33.3 Å². The molecule has 1 N–H and O–H groups in total. The number of thiophene rings is 1. The van der Waals surface area contributed by atoms with E-state index in [1.165, 1.54) is 11.6 Å². The van der Waals surface area contributed by atoms with Gasteiger partial charge in [0.15, 0.2) is 0 Å². The zero-order valence-corrected chi connectivity index (χ0v) is 17.5. The predicted octanol–water partition coefficient (Wildman–Crippen LogP) is 3.68. The summed E-state index contributed by atoms with van der Waals surface area (Å²) in [4.78, 5) is 12.2. The van der Waals surface area contributed by atoms with Crippen molar-refractivity contribution < 1.29 is 13.2 Å². The van der Waals surface area contributed by atoms with Gasteiger partial charge in [0, 0.05) is 25.7 Å². The number of nitrogens with zero attached hydrogens (tertiary/aromatic N) is 1. The predicted molar refractivity (Wildman–Crippen MR) is 114 cm³/mol. The molecule has 0 spiro atoms. The molecule has 1 amide bonds. The Labute approximate surface area is 171 Å². The summed E-state index contributed by atoms with van der Waals surface area (Å²) < 4.78 is 27.1. The van der Waals surface area contributed by atoms with Gasteiger partial charge in [-0.2, -0.15) is 15.6 Å². The summed E-state index contributed by atoms with van der Waals surface area (Å²) in [5.41, 5.74) is 2.01. The van der Waals surface area contributed by atoms with Crippen LogP contribution in [0.5, 0.6) is 0 Å². The minimum Gasteiger partial charge on any atom is -0.352 e. The Morgan fingerprint density at radius 2 is 1.79 bits per heavy atom. The van der Waals surface area contributed by atoms with E-state index in [4.69, 9.17) is 0 Å². The van der Waals surface area contributed by atoms with Gasteiger partial charge in [-0.05, 0) is 65.4 Å². The molecule has 150 valence electrons. The Bertz CT molecular complexity index is 880. The fourth-order valence-corrected chi connectivity index (χ4v) is 5.40. The summed E-state index contributed by atoms with van der Waals surface area (Å²) in [6.45, 7) is 1.78. The van der Waals surface area contributed by atoms with Gasteiger partial charge in [-0.25, -0.2) is 8.42 Å². The molecule has 0 radical (unpaired) electrons. The highest BCUT2D eigenvalue weighted by Gasteiger charge is 2.24. The first-order valence-corrected chi connectivity index (χ1v) is 12.0. The number of nitrogens with one attached hydrogen (secondary N) is 1. The fourth-order valence-electron chi connectivity index (χ4n) is 3.18. The standard InChI is InChI=1S/C21H26N2O3S2/c24-21(22-13-11-19-12-16-27-17-19)10-7-18-5-8-20(9-6-18)28(25,26)23-14-3-1-2-4-15-23/h5-10,12,16-17H,1-4,11,13-15H2,(H,22,24)/b10-7+. The number of hydrogen-bond acceptors (Lipinski definition) is 4. The topological polar surface area (TPSA) is 66.5 Å². The average Bonchev–Trinajstić information content (AvgIpc) is 3.05.